The second-order valence-electron chi connectivity index (χ2n) is 5.28. The van der Waals surface area contributed by atoms with Crippen LogP contribution in [0.5, 0.6) is 0 Å². The smallest absolute Gasteiger partial charge is 0.225 e. The molecule has 2 saturated carbocycles. The zero-order valence-corrected chi connectivity index (χ0v) is 10.3. The average molecular weight is 230 g/mol. The molecule has 0 heterocycles. The lowest BCUT2D eigenvalue weighted by Gasteiger charge is -2.27. The Balaban J connectivity index is 1.91. The van der Waals surface area contributed by atoms with Gasteiger partial charge in [-0.15, -0.1) is 11.6 Å². The summed E-state index contributed by atoms with van der Waals surface area (Å²) in [7, 11) is 1.88. The number of halogens is 1. The molecule has 2 aliphatic rings. The third-order valence-electron chi connectivity index (χ3n) is 3.96. The zero-order chi connectivity index (χ0) is 11.0. The van der Waals surface area contributed by atoms with E-state index >= 15 is 0 Å². The molecular weight excluding hydrogens is 210 g/mol. The van der Waals surface area contributed by atoms with Gasteiger partial charge in [-0.05, 0) is 38.0 Å². The van der Waals surface area contributed by atoms with Gasteiger partial charge in [0.15, 0.2) is 0 Å². The molecule has 2 nitrogen and oxygen atoms in total. The predicted molar refractivity (Wildman–Crippen MR) is 61.9 cm³/mol. The Morgan fingerprint density at radius 3 is 2.67 bits per heavy atom. The summed E-state index contributed by atoms with van der Waals surface area (Å²) in [5.74, 6) is 2.15. The molecule has 0 N–H and O–H groups in total. The Morgan fingerprint density at radius 2 is 2.20 bits per heavy atom. The highest BCUT2D eigenvalue weighted by Crippen LogP contribution is 2.48. The van der Waals surface area contributed by atoms with E-state index in [4.69, 9.17) is 11.6 Å². The van der Waals surface area contributed by atoms with Gasteiger partial charge in [0.1, 0.15) is 0 Å². The van der Waals surface area contributed by atoms with E-state index < -0.39 is 0 Å². The molecule has 0 saturated heterocycles. The van der Waals surface area contributed by atoms with E-state index in [0.717, 1.165) is 12.3 Å². The molecule has 0 aromatic carbocycles. The number of alkyl halides is 1. The summed E-state index contributed by atoms with van der Waals surface area (Å²) in [6.07, 6.45) is 5.04. The summed E-state index contributed by atoms with van der Waals surface area (Å²) in [4.78, 5) is 14.0. The van der Waals surface area contributed by atoms with Crippen LogP contribution in [0, 0.1) is 17.8 Å². The molecule has 2 rings (SSSR count). The maximum atomic E-state index is 12.1. The SMILES string of the molecule is CC(Cl)CN(C)C(=O)C1CC2CCC1C2. The molecule has 4 unspecified atom stereocenters. The fourth-order valence-electron chi connectivity index (χ4n) is 3.30. The maximum Gasteiger partial charge on any atom is 0.225 e. The number of rotatable bonds is 3. The second kappa shape index (κ2) is 4.32. The molecule has 15 heavy (non-hydrogen) atoms. The molecule has 86 valence electrons. The number of fused-ring (bicyclic) bond motifs is 2. The summed E-state index contributed by atoms with van der Waals surface area (Å²) in [6, 6.07) is 0. The molecule has 0 radical (unpaired) electrons. The van der Waals surface area contributed by atoms with E-state index in [9.17, 15) is 4.79 Å². The van der Waals surface area contributed by atoms with Gasteiger partial charge in [0, 0.05) is 24.9 Å². The largest absolute Gasteiger partial charge is 0.344 e. The molecule has 0 aromatic rings. The van der Waals surface area contributed by atoms with E-state index in [1.54, 1.807) is 0 Å². The third-order valence-corrected chi connectivity index (χ3v) is 4.09. The van der Waals surface area contributed by atoms with Gasteiger partial charge >= 0.3 is 0 Å². The van der Waals surface area contributed by atoms with Gasteiger partial charge in [0.05, 0.1) is 0 Å². The van der Waals surface area contributed by atoms with Crippen molar-refractivity contribution in [3.63, 3.8) is 0 Å². The van der Waals surface area contributed by atoms with E-state index in [-0.39, 0.29) is 5.38 Å². The Morgan fingerprint density at radius 1 is 1.47 bits per heavy atom. The van der Waals surface area contributed by atoms with Crippen molar-refractivity contribution in [1.29, 1.82) is 0 Å². The first kappa shape index (κ1) is 11.3. The highest BCUT2D eigenvalue weighted by atomic mass is 35.5. The summed E-state index contributed by atoms with van der Waals surface area (Å²) in [5.41, 5.74) is 0. The van der Waals surface area contributed by atoms with Crippen LogP contribution >= 0.6 is 11.6 Å². The molecule has 4 atom stereocenters. The van der Waals surface area contributed by atoms with Crippen LogP contribution in [0.15, 0.2) is 0 Å². The topological polar surface area (TPSA) is 20.3 Å². The number of carbonyl (C=O) groups is 1. The lowest BCUT2D eigenvalue weighted by Crippen LogP contribution is -2.38. The van der Waals surface area contributed by atoms with Crippen LogP contribution in [0.25, 0.3) is 0 Å². The maximum absolute atomic E-state index is 12.1. The van der Waals surface area contributed by atoms with Crippen LogP contribution in [-0.2, 0) is 4.79 Å². The highest BCUT2D eigenvalue weighted by Gasteiger charge is 2.43. The number of amides is 1. The van der Waals surface area contributed by atoms with Gasteiger partial charge in [0.2, 0.25) is 5.91 Å². The van der Waals surface area contributed by atoms with Crippen molar-refractivity contribution in [2.45, 2.75) is 38.0 Å². The third kappa shape index (κ3) is 2.30. The Bertz CT molecular complexity index is 254. The minimum absolute atomic E-state index is 0.0533. The Labute approximate surface area is 97.0 Å². The molecule has 2 bridgehead atoms. The molecule has 3 heteroatoms. The van der Waals surface area contributed by atoms with Crippen LogP contribution in [0.4, 0.5) is 0 Å². The first-order chi connectivity index (χ1) is 7.08. The first-order valence-electron chi connectivity index (χ1n) is 5.97. The van der Waals surface area contributed by atoms with Gasteiger partial charge in [-0.1, -0.05) is 6.42 Å². The molecule has 1 amide bonds. The van der Waals surface area contributed by atoms with Crippen molar-refractivity contribution < 1.29 is 4.79 Å². The van der Waals surface area contributed by atoms with Crippen LogP contribution in [-0.4, -0.2) is 29.8 Å². The zero-order valence-electron chi connectivity index (χ0n) is 9.58. The average Bonchev–Trinajstić information content (AvgIpc) is 2.76. The fraction of sp³-hybridized carbons (Fsp3) is 0.917. The fourth-order valence-corrected chi connectivity index (χ4v) is 3.50. The minimum atomic E-state index is 0.0533. The Hall–Kier alpha value is -0.240. The van der Waals surface area contributed by atoms with Crippen molar-refractivity contribution >= 4 is 17.5 Å². The number of hydrogen-bond donors (Lipinski definition) is 0. The van der Waals surface area contributed by atoms with Crippen LogP contribution in [0.3, 0.4) is 0 Å². The van der Waals surface area contributed by atoms with E-state index in [2.05, 4.69) is 0 Å². The molecule has 2 aliphatic carbocycles. The number of hydrogen-bond acceptors (Lipinski definition) is 1. The number of carbonyl (C=O) groups excluding carboxylic acids is 1. The van der Waals surface area contributed by atoms with Gasteiger partial charge in [-0.3, -0.25) is 4.79 Å². The van der Waals surface area contributed by atoms with Crippen LogP contribution < -0.4 is 0 Å². The first-order valence-corrected chi connectivity index (χ1v) is 6.40. The van der Waals surface area contributed by atoms with Crippen molar-refractivity contribution in [1.82, 2.24) is 4.90 Å². The van der Waals surface area contributed by atoms with Crippen LogP contribution in [0.2, 0.25) is 0 Å². The lowest BCUT2D eigenvalue weighted by atomic mass is 9.88. The quantitative estimate of drug-likeness (QED) is 0.681. The van der Waals surface area contributed by atoms with E-state index in [0.29, 0.717) is 24.3 Å². The lowest BCUT2D eigenvalue weighted by molar-refractivity contribution is -0.135. The van der Waals surface area contributed by atoms with Crippen molar-refractivity contribution in [2.75, 3.05) is 13.6 Å². The monoisotopic (exact) mass is 229 g/mol. The summed E-state index contributed by atoms with van der Waals surface area (Å²) in [6.45, 7) is 2.61. The van der Waals surface area contributed by atoms with Gasteiger partial charge in [-0.2, -0.15) is 0 Å². The van der Waals surface area contributed by atoms with E-state index in [1.165, 1.54) is 19.3 Å². The summed E-state index contributed by atoms with van der Waals surface area (Å²) in [5, 5.41) is 0.0533. The molecule has 2 fully saturated rings. The molecule has 0 aliphatic heterocycles. The standard InChI is InChI=1S/C12H20ClNO/c1-8(13)7-14(2)12(15)11-6-9-3-4-10(11)5-9/h8-11H,3-7H2,1-2H3. The number of nitrogens with zero attached hydrogens (tertiary/aromatic N) is 1. The van der Waals surface area contributed by atoms with Gasteiger partial charge < -0.3 is 4.90 Å². The van der Waals surface area contributed by atoms with E-state index in [1.807, 2.05) is 18.9 Å². The van der Waals surface area contributed by atoms with Crippen LogP contribution in [0.1, 0.15) is 32.6 Å². The molecule has 0 aromatic heterocycles. The molecule has 0 spiro atoms. The minimum Gasteiger partial charge on any atom is -0.344 e. The van der Waals surface area contributed by atoms with Crippen molar-refractivity contribution in [3.8, 4) is 0 Å². The summed E-state index contributed by atoms with van der Waals surface area (Å²) >= 11 is 5.91. The van der Waals surface area contributed by atoms with Gasteiger partial charge in [-0.25, -0.2) is 0 Å². The predicted octanol–water partition coefficient (Wildman–Crippen LogP) is 2.51. The molecular formula is C12H20ClNO. The highest BCUT2D eigenvalue weighted by molar-refractivity contribution is 6.20. The van der Waals surface area contributed by atoms with Crippen molar-refractivity contribution in [3.05, 3.63) is 0 Å². The van der Waals surface area contributed by atoms with Gasteiger partial charge in [0.25, 0.3) is 0 Å². The second-order valence-corrected chi connectivity index (χ2v) is 6.03. The van der Waals surface area contributed by atoms with Crippen molar-refractivity contribution in [2.24, 2.45) is 17.8 Å². The normalized spacial score (nSPS) is 35.5. The Kier molecular flexibility index (Phi) is 3.24. The summed E-state index contributed by atoms with van der Waals surface area (Å²) < 4.78 is 0.